The topological polar surface area (TPSA) is 64.8 Å². The molecule has 1 aromatic heterocycles. The number of amides is 1. The number of Topliss-reactive ketones (excluding diaryl/α,β-unsaturated/α-hetero) is 1. The van der Waals surface area contributed by atoms with E-state index in [0.717, 1.165) is 60.7 Å². The first-order valence-electron chi connectivity index (χ1n) is 9.36. The number of likely N-dealkylation sites (N-methyl/N-ethyl adjacent to an activating group) is 1. The molecule has 1 aliphatic carbocycles. The summed E-state index contributed by atoms with van der Waals surface area (Å²) in [5, 5.41) is 2.97. The summed E-state index contributed by atoms with van der Waals surface area (Å²) in [5.41, 5.74) is 2.88. The maximum absolute atomic E-state index is 12.7. The Morgan fingerprint density at radius 2 is 2.04 bits per heavy atom. The molecule has 25 heavy (non-hydrogen) atoms. The van der Waals surface area contributed by atoms with E-state index in [4.69, 9.17) is 4.74 Å². The van der Waals surface area contributed by atoms with Crippen molar-refractivity contribution in [3.63, 3.8) is 0 Å². The molecule has 6 heteroatoms. The first-order valence-corrected chi connectivity index (χ1v) is 9.36. The van der Waals surface area contributed by atoms with Crippen molar-refractivity contribution in [3.05, 3.63) is 23.0 Å². The van der Waals surface area contributed by atoms with Crippen molar-refractivity contribution < 1.29 is 19.2 Å². The summed E-state index contributed by atoms with van der Waals surface area (Å²) in [6.45, 7) is 6.38. The van der Waals surface area contributed by atoms with E-state index in [2.05, 4.69) is 9.88 Å². The van der Waals surface area contributed by atoms with Crippen molar-refractivity contribution in [3.8, 4) is 0 Å². The molecule has 0 aromatic carbocycles. The number of nitrogens with zero attached hydrogens (tertiary/aromatic N) is 1. The zero-order valence-corrected chi connectivity index (χ0v) is 15.6. The number of carbonyl (C=O) groups is 2. The molecule has 2 atom stereocenters. The fourth-order valence-corrected chi connectivity index (χ4v) is 3.57. The number of aryl methyl sites for hydroxylation is 1. The van der Waals surface area contributed by atoms with Gasteiger partial charge in [0.05, 0.1) is 13.2 Å². The van der Waals surface area contributed by atoms with Crippen LogP contribution in [0.15, 0.2) is 6.07 Å². The Morgan fingerprint density at radius 1 is 1.28 bits per heavy atom. The quantitative estimate of drug-likeness (QED) is 0.663. The molecular formula is C19H30N3O3+. The summed E-state index contributed by atoms with van der Waals surface area (Å²) in [6, 6.07) is 2.34. The predicted octanol–water partition coefficient (Wildman–Crippen LogP) is 0.260. The van der Waals surface area contributed by atoms with Crippen molar-refractivity contribution in [2.24, 2.45) is 0 Å². The summed E-state index contributed by atoms with van der Waals surface area (Å²) in [4.78, 5) is 25.5. The van der Waals surface area contributed by atoms with Gasteiger partial charge in [0.15, 0.2) is 6.54 Å². The van der Waals surface area contributed by atoms with E-state index >= 15 is 0 Å². The van der Waals surface area contributed by atoms with Crippen LogP contribution in [0.3, 0.4) is 0 Å². The van der Waals surface area contributed by atoms with Crippen LogP contribution in [0.1, 0.15) is 47.4 Å². The number of hydrogen-bond donors (Lipinski definition) is 2. The SMILES string of the molecule is Cc1cc(C(=O)C[NH+](C)CC(=O)NC2CC2)c(C)n1C[C@@H]1CCCO1. The molecule has 1 unspecified atom stereocenters. The van der Waals surface area contributed by atoms with Crippen LogP contribution in [-0.4, -0.2) is 55.1 Å². The van der Waals surface area contributed by atoms with Crippen molar-refractivity contribution in [1.82, 2.24) is 9.88 Å². The van der Waals surface area contributed by atoms with Gasteiger partial charge in [-0.15, -0.1) is 0 Å². The molecular weight excluding hydrogens is 318 g/mol. The van der Waals surface area contributed by atoms with Gasteiger partial charge in [-0.2, -0.15) is 0 Å². The minimum atomic E-state index is 0.0386. The van der Waals surface area contributed by atoms with Crippen LogP contribution < -0.4 is 10.2 Å². The highest BCUT2D eigenvalue weighted by Gasteiger charge is 2.26. The number of quaternary nitrogens is 1. The molecule has 2 N–H and O–H groups in total. The molecule has 1 aromatic rings. The van der Waals surface area contributed by atoms with Crippen LogP contribution >= 0.6 is 0 Å². The number of ether oxygens (including phenoxy) is 1. The molecule has 0 spiro atoms. The van der Waals surface area contributed by atoms with Crippen molar-refractivity contribution in [2.45, 2.75) is 58.2 Å². The number of hydrogen-bond acceptors (Lipinski definition) is 3. The Labute approximate surface area is 149 Å². The fraction of sp³-hybridized carbons (Fsp3) is 0.684. The zero-order chi connectivity index (χ0) is 18.0. The molecule has 138 valence electrons. The van der Waals surface area contributed by atoms with E-state index in [1.807, 2.05) is 27.0 Å². The third-order valence-electron chi connectivity index (χ3n) is 5.15. The van der Waals surface area contributed by atoms with Crippen LogP contribution in [0.2, 0.25) is 0 Å². The predicted molar refractivity (Wildman–Crippen MR) is 95.0 cm³/mol. The molecule has 1 amide bonds. The monoisotopic (exact) mass is 348 g/mol. The Bertz CT molecular complexity index is 643. The third-order valence-corrected chi connectivity index (χ3v) is 5.15. The van der Waals surface area contributed by atoms with Crippen molar-refractivity contribution in [2.75, 3.05) is 26.7 Å². The van der Waals surface area contributed by atoms with Gasteiger partial charge < -0.3 is 19.5 Å². The van der Waals surface area contributed by atoms with Crippen molar-refractivity contribution in [1.29, 1.82) is 0 Å². The second-order valence-corrected chi connectivity index (χ2v) is 7.61. The molecule has 2 fully saturated rings. The molecule has 1 saturated heterocycles. The highest BCUT2D eigenvalue weighted by Crippen LogP contribution is 2.20. The first kappa shape index (κ1) is 18.1. The van der Waals surface area contributed by atoms with Gasteiger partial charge in [-0.3, -0.25) is 9.59 Å². The second-order valence-electron chi connectivity index (χ2n) is 7.61. The maximum Gasteiger partial charge on any atom is 0.275 e. The lowest BCUT2D eigenvalue weighted by Crippen LogP contribution is -3.11. The number of carbonyl (C=O) groups excluding carboxylic acids is 2. The minimum absolute atomic E-state index is 0.0386. The van der Waals surface area contributed by atoms with E-state index in [-0.39, 0.29) is 17.8 Å². The van der Waals surface area contributed by atoms with E-state index < -0.39 is 0 Å². The van der Waals surface area contributed by atoms with Gasteiger partial charge in [-0.1, -0.05) is 0 Å². The van der Waals surface area contributed by atoms with Crippen molar-refractivity contribution >= 4 is 11.7 Å². The third kappa shape index (κ3) is 4.70. The lowest BCUT2D eigenvalue weighted by molar-refractivity contribution is -0.862. The molecule has 2 heterocycles. The van der Waals surface area contributed by atoms with Gasteiger partial charge in [0, 0.05) is 36.1 Å². The summed E-state index contributed by atoms with van der Waals surface area (Å²) < 4.78 is 7.92. The molecule has 2 aliphatic rings. The zero-order valence-electron chi connectivity index (χ0n) is 15.6. The average Bonchev–Trinajstić information content (AvgIpc) is 3.11. The highest BCUT2D eigenvalue weighted by atomic mass is 16.5. The molecule has 1 saturated carbocycles. The van der Waals surface area contributed by atoms with Gasteiger partial charge in [0.1, 0.15) is 6.54 Å². The summed E-state index contributed by atoms with van der Waals surface area (Å²) >= 11 is 0. The summed E-state index contributed by atoms with van der Waals surface area (Å²) in [6.07, 6.45) is 4.63. The standard InChI is InChI=1S/C19H29N3O3/c1-13-9-17(14(2)22(13)10-16-5-4-8-25-16)18(23)11-21(3)12-19(24)20-15-6-7-15/h9,15-16H,4-8,10-12H2,1-3H3,(H,20,24)/p+1/t16-/m0/s1. The van der Waals surface area contributed by atoms with E-state index in [1.165, 1.54) is 0 Å². The maximum atomic E-state index is 12.7. The van der Waals surface area contributed by atoms with Gasteiger partial charge in [0.2, 0.25) is 5.78 Å². The van der Waals surface area contributed by atoms with Gasteiger partial charge in [-0.05, 0) is 45.6 Å². The van der Waals surface area contributed by atoms with E-state index in [0.29, 0.717) is 19.1 Å². The largest absolute Gasteiger partial charge is 0.376 e. The van der Waals surface area contributed by atoms with Crippen LogP contribution in [0.5, 0.6) is 0 Å². The number of nitrogens with one attached hydrogen (secondary N) is 2. The summed E-state index contributed by atoms with van der Waals surface area (Å²) in [7, 11) is 1.90. The van der Waals surface area contributed by atoms with Crippen LogP contribution in [0, 0.1) is 13.8 Å². The number of aromatic nitrogens is 1. The Balaban J connectivity index is 1.58. The fourth-order valence-electron chi connectivity index (χ4n) is 3.57. The molecule has 0 radical (unpaired) electrons. The smallest absolute Gasteiger partial charge is 0.275 e. The molecule has 0 bridgehead atoms. The normalized spacial score (nSPS) is 21.3. The molecule has 3 rings (SSSR count). The van der Waals surface area contributed by atoms with Gasteiger partial charge >= 0.3 is 0 Å². The van der Waals surface area contributed by atoms with Crippen LogP contribution in [0.4, 0.5) is 0 Å². The Kier molecular flexibility index (Phi) is 5.59. The lowest BCUT2D eigenvalue weighted by atomic mass is 10.1. The van der Waals surface area contributed by atoms with Crippen LogP contribution in [-0.2, 0) is 16.1 Å². The van der Waals surface area contributed by atoms with Gasteiger partial charge in [0.25, 0.3) is 5.91 Å². The van der Waals surface area contributed by atoms with Gasteiger partial charge in [-0.25, -0.2) is 0 Å². The Hall–Kier alpha value is -1.66. The average molecular weight is 348 g/mol. The molecule has 1 aliphatic heterocycles. The molecule has 6 nitrogen and oxygen atoms in total. The number of ketones is 1. The number of rotatable bonds is 8. The Morgan fingerprint density at radius 3 is 2.68 bits per heavy atom. The summed E-state index contributed by atoms with van der Waals surface area (Å²) in [5.74, 6) is 0.139. The second kappa shape index (κ2) is 7.70. The van der Waals surface area contributed by atoms with E-state index in [9.17, 15) is 9.59 Å². The lowest BCUT2D eigenvalue weighted by Gasteiger charge is -2.15. The van der Waals surface area contributed by atoms with Crippen LogP contribution in [0.25, 0.3) is 0 Å². The first-order chi connectivity index (χ1) is 11.9. The highest BCUT2D eigenvalue weighted by molar-refractivity contribution is 5.98. The van der Waals surface area contributed by atoms with E-state index in [1.54, 1.807) is 0 Å². The minimum Gasteiger partial charge on any atom is -0.376 e.